The number of hydrogen-bond acceptors (Lipinski definition) is 8. The van der Waals surface area contributed by atoms with Crippen LogP contribution in [0.4, 0.5) is 4.39 Å². The summed E-state index contributed by atoms with van der Waals surface area (Å²) in [6.07, 6.45) is 3.64. The summed E-state index contributed by atoms with van der Waals surface area (Å²) in [5.74, 6) is 0.115. The van der Waals surface area contributed by atoms with E-state index in [1.807, 2.05) is 24.4 Å². The predicted octanol–water partition coefficient (Wildman–Crippen LogP) is 3.48. The van der Waals surface area contributed by atoms with Crippen LogP contribution in [-0.2, 0) is 18.5 Å². The van der Waals surface area contributed by atoms with E-state index in [2.05, 4.69) is 14.5 Å². The van der Waals surface area contributed by atoms with Gasteiger partial charge in [0.25, 0.3) is 0 Å². The number of nitrogens with zero attached hydrogens (tertiary/aromatic N) is 6. The zero-order chi connectivity index (χ0) is 30.8. The molecule has 220 valence electrons. The van der Waals surface area contributed by atoms with E-state index in [4.69, 9.17) is 20.0 Å². The number of halogens is 1. The third-order valence-corrected chi connectivity index (χ3v) is 8.86. The number of imidazole rings is 1. The molecule has 0 radical (unpaired) electrons. The van der Waals surface area contributed by atoms with Gasteiger partial charge in [-0.25, -0.2) is 19.2 Å². The predicted molar refractivity (Wildman–Crippen MR) is 170 cm³/mol. The van der Waals surface area contributed by atoms with Gasteiger partial charge in [0.15, 0.2) is 15.7 Å². The van der Waals surface area contributed by atoms with E-state index in [-0.39, 0.29) is 17.0 Å². The molecule has 1 aliphatic heterocycles. The topological polar surface area (TPSA) is 117 Å². The van der Waals surface area contributed by atoms with Crippen LogP contribution in [0.3, 0.4) is 0 Å². The van der Waals surface area contributed by atoms with Crippen LogP contribution >= 0.6 is 11.3 Å². The Morgan fingerprint density at radius 2 is 1.95 bits per heavy atom. The minimum absolute atomic E-state index is 0.236. The molecule has 1 fully saturated rings. The number of carbonyl (C=O) groups is 1. The number of aromatic carboxylic acids is 1. The summed E-state index contributed by atoms with van der Waals surface area (Å²) in [6.45, 7) is 2.92. The first-order valence-electron chi connectivity index (χ1n) is 14.4. The van der Waals surface area contributed by atoms with Crippen molar-refractivity contribution in [2.24, 2.45) is 0 Å². The minimum Gasteiger partial charge on any atom is -0.485 e. The van der Waals surface area contributed by atoms with Gasteiger partial charge in [-0.15, -0.1) is 11.3 Å². The fourth-order valence-electron chi connectivity index (χ4n) is 5.77. The molecule has 3 aromatic heterocycles. The highest BCUT2D eigenvalue weighted by molar-refractivity contribution is 7.09. The number of aromatic nitrogens is 4. The number of thiazole rings is 1. The monoisotopic (exact) mass is 606 g/mol. The molecule has 0 atom stereocenters. The Hall–Kier alpha value is -4.53. The zero-order valence-corrected chi connectivity index (χ0v) is 25.2. The molecular formula is C31H29B2FN6O3S. The number of rotatable bonds is 9. The molecule has 6 rings (SSSR count). The molecule has 1 saturated heterocycles. The molecule has 4 heterocycles. The fourth-order valence-corrected chi connectivity index (χ4v) is 6.35. The summed E-state index contributed by atoms with van der Waals surface area (Å²) in [7, 11) is 3.57. The molecule has 0 saturated carbocycles. The number of likely N-dealkylation sites (tertiary alicyclic amines) is 1. The number of fused-ring (bicyclic) bond motifs is 1. The average molecular weight is 606 g/mol. The van der Waals surface area contributed by atoms with Crippen LogP contribution in [0.1, 0.15) is 56.6 Å². The maximum absolute atomic E-state index is 14.7. The minimum atomic E-state index is -0.983. The quantitative estimate of drug-likeness (QED) is 0.254. The maximum atomic E-state index is 14.7. The van der Waals surface area contributed by atoms with Crippen molar-refractivity contribution in [3.63, 3.8) is 0 Å². The van der Waals surface area contributed by atoms with Crippen molar-refractivity contribution < 1.29 is 19.0 Å². The Balaban J connectivity index is 1.15. The third-order valence-electron chi connectivity index (χ3n) is 8.09. The van der Waals surface area contributed by atoms with Crippen molar-refractivity contribution in [2.45, 2.75) is 37.2 Å². The number of pyridine rings is 1. The van der Waals surface area contributed by atoms with Gasteiger partial charge in [-0.3, -0.25) is 9.88 Å². The summed E-state index contributed by atoms with van der Waals surface area (Å²) in [4.78, 5) is 29.0. The fraction of sp³-hybridized carbons (Fsp3) is 0.258. The van der Waals surface area contributed by atoms with Crippen LogP contribution in [-0.4, -0.2) is 64.3 Å². The lowest BCUT2D eigenvalue weighted by Gasteiger charge is -2.32. The molecule has 1 N–H and O–H groups in total. The number of carboxylic acids is 1. The Labute approximate surface area is 259 Å². The van der Waals surface area contributed by atoms with E-state index in [9.17, 15) is 14.3 Å². The number of nitriles is 1. The summed E-state index contributed by atoms with van der Waals surface area (Å²) in [5.41, 5.74) is 5.16. The number of ether oxygens (including phenoxy) is 1. The van der Waals surface area contributed by atoms with Crippen LogP contribution in [0.15, 0.2) is 66.3 Å². The maximum Gasteiger partial charge on any atom is 0.335 e. The first-order valence-corrected chi connectivity index (χ1v) is 15.3. The summed E-state index contributed by atoms with van der Waals surface area (Å²) < 4.78 is 23.0. The number of piperidine rings is 1. The van der Waals surface area contributed by atoms with Crippen molar-refractivity contribution in [2.75, 3.05) is 13.1 Å². The lowest BCUT2D eigenvalue weighted by molar-refractivity contribution is 0.0697. The molecule has 0 aliphatic carbocycles. The number of carboxylic acid groups (broad SMARTS) is 1. The van der Waals surface area contributed by atoms with Crippen molar-refractivity contribution >= 4 is 44.0 Å². The standard InChI is InChI=1S/C31H29B2FN6O3S/c32-31(33,23-6-4-19(14-35)12-24(23)34)43-29-3-1-2-25(38-29)20-8-10-39(11-9-20)17-28-37-26-7-5-21(30(41)42)13-27(26)40(28)16-22-15-36-18-44-22/h1-7,12-13,15,18,20H,8-11,16-17,32-33H2,(H,41,42). The van der Waals surface area contributed by atoms with E-state index in [1.54, 1.807) is 68.9 Å². The van der Waals surface area contributed by atoms with Crippen molar-refractivity contribution in [3.05, 3.63) is 105 Å². The smallest absolute Gasteiger partial charge is 0.335 e. The summed E-state index contributed by atoms with van der Waals surface area (Å²) in [6, 6.07) is 17.1. The molecule has 0 amide bonds. The van der Waals surface area contributed by atoms with Crippen LogP contribution in [0.5, 0.6) is 5.88 Å². The van der Waals surface area contributed by atoms with E-state index in [0.29, 0.717) is 24.5 Å². The van der Waals surface area contributed by atoms with Gasteiger partial charge in [-0.1, -0.05) is 12.1 Å². The van der Waals surface area contributed by atoms with Crippen LogP contribution in [0.25, 0.3) is 11.0 Å². The molecule has 0 unspecified atom stereocenters. The van der Waals surface area contributed by atoms with Gasteiger partial charge in [0.05, 0.1) is 52.2 Å². The lowest BCUT2D eigenvalue weighted by Crippen LogP contribution is -2.36. The van der Waals surface area contributed by atoms with E-state index >= 15 is 0 Å². The van der Waals surface area contributed by atoms with Crippen molar-refractivity contribution in [3.8, 4) is 11.9 Å². The molecule has 1 aliphatic rings. The van der Waals surface area contributed by atoms with Gasteiger partial charge in [-0.05, 0) is 62.3 Å². The molecule has 44 heavy (non-hydrogen) atoms. The van der Waals surface area contributed by atoms with Gasteiger partial charge in [0.1, 0.15) is 11.6 Å². The third kappa shape index (κ3) is 6.23. The highest BCUT2D eigenvalue weighted by Gasteiger charge is 2.28. The normalized spacial score (nSPS) is 14.5. The van der Waals surface area contributed by atoms with E-state index in [1.165, 1.54) is 6.07 Å². The highest BCUT2D eigenvalue weighted by Crippen LogP contribution is 2.31. The van der Waals surface area contributed by atoms with Gasteiger partial charge < -0.3 is 14.4 Å². The van der Waals surface area contributed by atoms with Crippen LogP contribution < -0.4 is 4.74 Å². The van der Waals surface area contributed by atoms with Gasteiger partial charge in [-0.2, -0.15) is 5.26 Å². The van der Waals surface area contributed by atoms with Crippen LogP contribution in [0, 0.1) is 17.1 Å². The SMILES string of the molecule is BC(B)(Oc1cccc(C2CCN(Cc3nc4ccc(C(=O)O)cc4n3Cc3cncs3)CC2)n1)c1ccc(C#N)cc1F. The molecule has 5 aromatic rings. The number of benzene rings is 2. The molecule has 2 aromatic carbocycles. The zero-order valence-electron chi connectivity index (χ0n) is 24.4. The molecular weight excluding hydrogens is 577 g/mol. The van der Waals surface area contributed by atoms with Crippen LogP contribution in [0.2, 0.25) is 0 Å². The number of hydrogen-bond donors (Lipinski definition) is 1. The Bertz CT molecular complexity index is 1870. The second-order valence-electron chi connectivity index (χ2n) is 11.5. The molecule has 0 bridgehead atoms. The Morgan fingerprint density at radius 1 is 1.14 bits per heavy atom. The van der Waals surface area contributed by atoms with E-state index < -0.39 is 17.2 Å². The second-order valence-corrected chi connectivity index (χ2v) is 12.4. The average Bonchev–Trinajstić information content (AvgIpc) is 3.65. The largest absolute Gasteiger partial charge is 0.485 e. The Kier molecular flexibility index (Phi) is 8.21. The first-order chi connectivity index (χ1) is 21.2. The first kappa shape index (κ1) is 29.5. The summed E-state index contributed by atoms with van der Waals surface area (Å²) in [5, 5.41) is 17.6. The molecule has 9 nitrogen and oxygen atoms in total. The molecule has 0 spiro atoms. The Morgan fingerprint density at radius 3 is 2.66 bits per heavy atom. The lowest BCUT2D eigenvalue weighted by atomic mass is 9.61. The second kappa shape index (κ2) is 12.2. The van der Waals surface area contributed by atoms with E-state index in [0.717, 1.165) is 53.4 Å². The highest BCUT2D eigenvalue weighted by atomic mass is 32.1. The van der Waals surface area contributed by atoms with Crippen molar-refractivity contribution in [1.82, 2.24) is 24.4 Å². The molecule has 13 heteroatoms. The van der Waals surface area contributed by atoms with Crippen molar-refractivity contribution in [1.29, 1.82) is 5.26 Å². The van der Waals surface area contributed by atoms with Gasteiger partial charge in [0, 0.05) is 34.3 Å². The summed E-state index contributed by atoms with van der Waals surface area (Å²) >= 11 is 1.56. The van der Waals surface area contributed by atoms with Gasteiger partial charge in [0.2, 0.25) is 5.88 Å². The van der Waals surface area contributed by atoms with Gasteiger partial charge >= 0.3 is 5.97 Å².